The van der Waals surface area contributed by atoms with Crippen LogP contribution in [0.2, 0.25) is 0 Å². The number of benzene rings is 2. The molecule has 2 heterocycles. The Morgan fingerprint density at radius 1 is 1.17 bits per heavy atom. The molecule has 2 aliphatic heterocycles. The Hall–Kier alpha value is -2.91. The molecule has 0 saturated carbocycles. The molecular formula is C24H25N3O2S. The number of ether oxygens (including phenoxy) is 1. The summed E-state index contributed by atoms with van der Waals surface area (Å²) in [5.41, 5.74) is 4.09. The fourth-order valence-electron chi connectivity index (χ4n) is 4.08. The van der Waals surface area contributed by atoms with Gasteiger partial charge in [0, 0.05) is 18.0 Å². The average Bonchev–Trinajstić information content (AvgIpc) is 2.79. The summed E-state index contributed by atoms with van der Waals surface area (Å²) in [5, 5.41) is 10.8. The maximum Gasteiger partial charge on any atom is 0.229 e. The first-order valence-electron chi connectivity index (χ1n) is 10.3. The van der Waals surface area contributed by atoms with E-state index in [-0.39, 0.29) is 11.8 Å². The molecule has 0 N–H and O–H groups in total. The smallest absolute Gasteiger partial charge is 0.229 e. The van der Waals surface area contributed by atoms with E-state index in [1.54, 1.807) is 16.7 Å². The summed E-state index contributed by atoms with van der Waals surface area (Å²) < 4.78 is 5.52. The van der Waals surface area contributed by atoms with Gasteiger partial charge in [0.1, 0.15) is 5.75 Å². The van der Waals surface area contributed by atoms with Crippen LogP contribution in [-0.4, -0.2) is 30.0 Å². The van der Waals surface area contributed by atoms with Crippen LogP contribution in [0.3, 0.4) is 0 Å². The second-order valence-corrected chi connectivity index (χ2v) is 8.28. The standard InChI is InChI=1S/C24H25N3O2S/c1-3-17-7-5-6-8-22(17)26-15-27-23(28)13-20(21(14-25)24(27)30-16-26)18-9-11-19(12-10-18)29-4-2/h5-12,20H,3-4,13,15-16H2,1-2H3/t20-/m1/s1. The molecule has 5 nitrogen and oxygen atoms in total. The number of amides is 1. The largest absolute Gasteiger partial charge is 0.494 e. The van der Waals surface area contributed by atoms with E-state index in [4.69, 9.17) is 4.74 Å². The lowest BCUT2D eigenvalue weighted by atomic mass is 9.86. The summed E-state index contributed by atoms with van der Waals surface area (Å²) in [4.78, 5) is 17.1. The Kier molecular flexibility index (Phi) is 6.01. The lowest BCUT2D eigenvalue weighted by molar-refractivity contribution is -0.129. The third kappa shape index (κ3) is 3.78. The minimum atomic E-state index is -0.202. The number of fused-ring (bicyclic) bond motifs is 1. The molecule has 2 aromatic rings. The van der Waals surface area contributed by atoms with E-state index in [1.165, 1.54) is 5.56 Å². The number of hydrogen-bond acceptors (Lipinski definition) is 5. The Labute approximate surface area is 181 Å². The van der Waals surface area contributed by atoms with Crippen LogP contribution in [0.1, 0.15) is 37.3 Å². The highest BCUT2D eigenvalue weighted by molar-refractivity contribution is 8.03. The molecule has 0 spiro atoms. The Morgan fingerprint density at radius 2 is 1.93 bits per heavy atom. The van der Waals surface area contributed by atoms with Crippen LogP contribution in [0.5, 0.6) is 5.75 Å². The SMILES string of the molecule is CCOc1ccc([C@H]2CC(=O)N3CN(c4ccccc4CC)CSC3=C2C#N)cc1. The summed E-state index contributed by atoms with van der Waals surface area (Å²) in [6.07, 6.45) is 1.25. The average molecular weight is 420 g/mol. The second-order valence-electron chi connectivity index (χ2n) is 7.35. The van der Waals surface area contributed by atoms with Crippen molar-refractivity contribution in [2.45, 2.75) is 32.6 Å². The normalized spacial score (nSPS) is 18.8. The van der Waals surface area contributed by atoms with Gasteiger partial charge in [0.25, 0.3) is 0 Å². The van der Waals surface area contributed by atoms with Crippen LogP contribution in [0.4, 0.5) is 5.69 Å². The van der Waals surface area contributed by atoms with Crippen molar-refractivity contribution in [2.75, 3.05) is 24.1 Å². The summed E-state index contributed by atoms with van der Waals surface area (Å²) >= 11 is 1.58. The molecule has 6 heteroatoms. The molecule has 1 saturated heterocycles. The van der Waals surface area contributed by atoms with Crippen molar-refractivity contribution in [3.05, 3.63) is 70.3 Å². The number of thioether (sulfide) groups is 1. The number of carbonyl (C=O) groups excluding carboxylic acids is 1. The summed E-state index contributed by atoms with van der Waals surface area (Å²) in [6, 6.07) is 18.5. The molecule has 2 aromatic carbocycles. The topological polar surface area (TPSA) is 56.6 Å². The molecule has 0 bridgehead atoms. The maximum atomic E-state index is 13.1. The number of allylic oxidation sites excluding steroid dienone is 1. The van der Waals surface area contributed by atoms with E-state index >= 15 is 0 Å². The predicted octanol–water partition coefficient (Wildman–Crippen LogP) is 4.87. The number of aryl methyl sites for hydroxylation is 1. The summed E-state index contributed by atoms with van der Waals surface area (Å²) in [7, 11) is 0. The number of nitrogens with zero attached hydrogens (tertiary/aromatic N) is 3. The zero-order valence-corrected chi connectivity index (χ0v) is 18.1. The van der Waals surface area contributed by atoms with E-state index in [0.717, 1.165) is 34.3 Å². The molecule has 1 amide bonds. The number of carbonyl (C=O) groups is 1. The van der Waals surface area contributed by atoms with Gasteiger partial charge in [0.05, 0.1) is 35.8 Å². The van der Waals surface area contributed by atoms with Crippen LogP contribution in [0, 0.1) is 11.3 Å². The number of hydrogen-bond donors (Lipinski definition) is 0. The molecule has 30 heavy (non-hydrogen) atoms. The van der Waals surface area contributed by atoms with Gasteiger partial charge in [-0.15, -0.1) is 0 Å². The van der Waals surface area contributed by atoms with Crippen molar-refractivity contribution in [1.29, 1.82) is 5.26 Å². The van der Waals surface area contributed by atoms with Crippen LogP contribution >= 0.6 is 11.8 Å². The van der Waals surface area contributed by atoms with Crippen LogP contribution in [-0.2, 0) is 11.2 Å². The zero-order valence-electron chi connectivity index (χ0n) is 17.3. The van der Waals surface area contributed by atoms with Gasteiger partial charge >= 0.3 is 0 Å². The minimum absolute atomic E-state index is 0.0639. The van der Waals surface area contributed by atoms with Gasteiger partial charge in [-0.1, -0.05) is 49.0 Å². The Morgan fingerprint density at radius 3 is 2.63 bits per heavy atom. The molecule has 1 fully saturated rings. The number of nitriles is 1. The summed E-state index contributed by atoms with van der Waals surface area (Å²) in [6.45, 7) is 5.18. The maximum absolute atomic E-state index is 13.1. The van der Waals surface area contributed by atoms with Crippen molar-refractivity contribution in [2.24, 2.45) is 0 Å². The quantitative estimate of drug-likeness (QED) is 0.692. The highest BCUT2D eigenvalue weighted by atomic mass is 32.2. The van der Waals surface area contributed by atoms with Gasteiger partial charge < -0.3 is 9.64 Å². The molecule has 0 aliphatic carbocycles. The van der Waals surface area contributed by atoms with Crippen molar-refractivity contribution >= 4 is 23.4 Å². The fraction of sp³-hybridized carbons (Fsp3) is 0.333. The van der Waals surface area contributed by atoms with E-state index in [2.05, 4.69) is 30.0 Å². The van der Waals surface area contributed by atoms with Crippen molar-refractivity contribution < 1.29 is 9.53 Å². The molecule has 1 atom stereocenters. The zero-order chi connectivity index (χ0) is 21.1. The van der Waals surface area contributed by atoms with Gasteiger partial charge in [-0.05, 0) is 42.7 Å². The van der Waals surface area contributed by atoms with Gasteiger partial charge in [0.15, 0.2) is 0 Å². The highest BCUT2D eigenvalue weighted by Crippen LogP contribution is 2.43. The predicted molar refractivity (Wildman–Crippen MR) is 120 cm³/mol. The minimum Gasteiger partial charge on any atom is -0.494 e. The van der Waals surface area contributed by atoms with E-state index in [9.17, 15) is 10.1 Å². The van der Waals surface area contributed by atoms with Crippen LogP contribution in [0.25, 0.3) is 0 Å². The third-order valence-electron chi connectivity index (χ3n) is 5.60. The lowest BCUT2D eigenvalue weighted by Crippen LogP contribution is -2.47. The molecule has 154 valence electrons. The lowest BCUT2D eigenvalue weighted by Gasteiger charge is -2.42. The van der Waals surface area contributed by atoms with Crippen molar-refractivity contribution in [1.82, 2.24) is 4.90 Å². The van der Waals surface area contributed by atoms with Crippen LogP contribution in [0.15, 0.2) is 59.1 Å². The number of rotatable bonds is 5. The number of anilines is 1. The summed E-state index contributed by atoms with van der Waals surface area (Å²) in [5.74, 6) is 1.38. The fourth-order valence-corrected chi connectivity index (χ4v) is 5.24. The monoisotopic (exact) mass is 419 g/mol. The molecular weight excluding hydrogens is 394 g/mol. The van der Waals surface area contributed by atoms with Gasteiger partial charge in [-0.2, -0.15) is 5.26 Å². The first-order chi connectivity index (χ1) is 14.7. The second kappa shape index (κ2) is 8.85. The van der Waals surface area contributed by atoms with E-state index in [0.29, 0.717) is 25.3 Å². The van der Waals surface area contributed by atoms with Crippen LogP contribution < -0.4 is 9.64 Å². The van der Waals surface area contributed by atoms with Gasteiger partial charge in [0.2, 0.25) is 5.91 Å². The third-order valence-corrected chi connectivity index (χ3v) is 6.75. The Bertz CT molecular complexity index is 1010. The van der Waals surface area contributed by atoms with E-state index in [1.807, 2.05) is 43.3 Å². The molecule has 0 aromatic heterocycles. The molecule has 4 rings (SSSR count). The Balaban J connectivity index is 1.63. The molecule has 0 unspecified atom stereocenters. The van der Waals surface area contributed by atoms with Crippen molar-refractivity contribution in [3.8, 4) is 11.8 Å². The van der Waals surface area contributed by atoms with E-state index < -0.39 is 0 Å². The molecule has 2 aliphatic rings. The molecule has 0 radical (unpaired) electrons. The number of para-hydroxylation sites is 1. The first kappa shape index (κ1) is 20.4. The van der Waals surface area contributed by atoms with Gasteiger partial charge in [-0.25, -0.2) is 0 Å². The van der Waals surface area contributed by atoms with Crippen molar-refractivity contribution in [3.63, 3.8) is 0 Å². The highest BCUT2D eigenvalue weighted by Gasteiger charge is 2.38. The first-order valence-corrected chi connectivity index (χ1v) is 11.3. The van der Waals surface area contributed by atoms with Gasteiger partial charge in [-0.3, -0.25) is 9.69 Å².